The van der Waals surface area contributed by atoms with E-state index >= 15 is 0 Å². The van der Waals surface area contributed by atoms with Crippen LogP contribution < -0.4 is 10.2 Å². The van der Waals surface area contributed by atoms with Gasteiger partial charge < -0.3 is 10.2 Å². The van der Waals surface area contributed by atoms with Gasteiger partial charge >= 0.3 is 0 Å². The maximum atomic E-state index is 13.2. The van der Waals surface area contributed by atoms with Gasteiger partial charge in [-0.05, 0) is 25.5 Å². The fourth-order valence-electron chi connectivity index (χ4n) is 3.81. The molecule has 0 saturated carbocycles. The van der Waals surface area contributed by atoms with Gasteiger partial charge in [0.25, 0.3) is 0 Å². The number of aromatic nitrogens is 7. The summed E-state index contributed by atoms with van der Waals surface area (Å²) in [4.78, 5) is 18.3. The lowest BCUT2D eigenvalue weighted by Crippen LogP contribution is -2.46. The predicted octanol–water partition coefficient (Wildman–Crippen LogP) is 2.60. The molecule has 170 valence electrons. The lowest BCUT2D eigenvalue weighted by molar-refractivity contribution is 0.248. The van der Waals surface area contributed by atoms with Crippen LogP contribution in [0.3, 0.4) is 0 Å². The van der Waals surface area contributed by atoms with Crippen LogP contribution in [0.5, 0.6) is 0 Å². The van der Waals surface area contributed by atoms with E-state index in [0.29, 0.717) is 5.82 Å². The fraction of sp³-hybridized carbons (Fsp3) is 0.318. The third kappa shape index (κ3) is 4.98. The summed E-state index contributed by atoms with van der Waals surface area (Å²) in [7, 11) is 0. The molecule has 11 heteroatoms. The monoisotopic (exact) mass is 448 g/mol. The first kappa shape index (κ1) is 21.0. The van der Waals surface area contributed by atoms with Gasteiger partial charge in [-0.3, -0.25) is 10.00 Å². The summed E-state index contributed by atoms with van der Waals surface area (Å²) in [6, 6.07) is 7.71. The molecule has 4 aromatic rings. The molecular weight excluding hydrogens is 423 g/mol. The number of nitrogens with zero attached hydrogens (tertiary/aromatic N) is 8. The van der Waals surface area contributed by atoms with Gasteiger partial charge in [-0.25, -0.2) is 19.0 Å². The number of hydrogen-bond donors (Lipinski definition) is 2. The van der Waals surface area contributed by atoms with Crippen LogP contribution in [0.1, 0.15) is 17.0 Å². The van der Waals surface area contributed by atoms with E-state index in [1.807, 2.05) is 44.3 Å². The SMILES string of the molecule is Cc1cc(Nc2cc(C)[nH]n2)nc(N2CCN(Cc3ccc(-n4cc(F)cn4)nc3)CC2)n1. The molecule has 1 aliphatic rings. The molecule has 4 aromatic heterocycles. The minimum atomic E-state index is -0.379. The molecule has 10 nitrogen and oxygen atoms in total. The van der Waals surface area contributed by atoms with Crippen molar-refractivity contribution in [3.63, 3.8) is 0 Å². The summed E-state index contributed by atoms with van der Waals surface area (Å²) >= 11 is 0. The molecule has 0 radical (unpaired) electrons. The second-order valence-corrected chi connectivity index (χ2v) is 8.15. The van der Waals surface area contributed by atoms with Gasteiger partial charge in [0.1, 0.15) is 5.82 Å². The van der Waals surface area contributed by atoms with E-state index in [4.69, 9.17) is 4.98 Å². The van der Waals surface area contributed by atoms with Crippen molar-refractivity contribution in [1.82, 2.24) is 39.8 Å². The topological polar surface area (TPSA) is 104 Å². The minimum Gasteiger partial charge on any atom is -0.338 e. The first-order valence-corrected chi connectivity index (χ1v) is 10.8. The van der Waals surface area contributed by atoms with Crippen molar-refractivity contribution in [3.05, 3.63) is 65.6 Å². The van der Waals surface area contributed by atoms with Gasteiger partial charge in [0.2, 0.25) is 5.95 Å². The van der Waals surface area contributed by atoms with Crippen molar-refractivity contribution in [2.75, 3.05) is 36.4 Å². The Morgan fingerprint density at radius 2 is 1.88 bits per heavy atom. The van der Waals surface area contributed by atoms with E-state index in [-0.39, 0.29) is 5.82 Å². The van der Waals surface area contributed by atoms with Crippen LogP contribution in [0.15, 0.2) is 42.9 Å². The van der Waals surface area contributed by atoms with Crippen molar-refractivity contribution in [2.45, 2.75) is 20.4 Å². The van der Waals surface area contributed by atoms with E-state index in [1.165, 1.54) is 17.1 Å². The van der Waals surface area contributed by atoms with Crippen molar-refractivity contribution in [1.29, 1.82) is 0 Å². The van der Waals surface area contributed by atoms with Crippen molar-refractivity contribution < 1.29 is 4.39 Å². The molecule has 0 amide bonds. The molecule has 0 atom stereocenters. The van der Waals surface area contributed by atoms with Crippen molar-refractivity contribution in [3.8, 4) is 5.82 Å². The molecule has 5 heterocycles. The van der Waals surface area contributed by atoms with Gasteiger partial charge in [0.05, 0.1) is 12.4 Å². The summed E-state index contributed by atoms with van der Waals surface area (Å²) in [5, 5.41) is 14.3. The lowest BCUT2D eigenvalue weighted by atomic mass is 10.2. The lowest BCUT2D eigenvalue weighted by Gasteiger charge is -2.34. The summed E-state index contributed by atoms with van der Waals surface area (Å²) in [5.74, 6) is 2.41. The van der Waals surface area contributed by atoms with Crippen LogP contribution in [0.25, 0.3) is 5.82 Å². The Kier molecular flexibility index (Phi) is 5.69. The molecule has 0 aromatic carbocycles. The maximum Gasteiger partial charge on any atom is 0.227 e. The number of rotatable bonds is 6. The zero-order valence-electron chi connectivity index (χ0n) is 18.5. The predicted molar refractivity (Wildman–Crippen MR) is 122 cm³/mol. The number of hydrogen-bond acceptors (Lipinski definition) is 8. The van der Waals surface area contributed by atoms with Gasteiger partial charge in [0.15, 0.2) is 17.5 Å². The van der Waals surface area contributed by atoms with Crippen LogP contribution in [-0.4, -0.2) is 66.0 Å². The molecule has 1 fully saturated rings. The third-order valence-corrected chi connectivity index (χ3v) is 5.46. The minimum absolute atomic E-state index is 0.379. The third-order valence-electron chi connectivity index (χ3n) is 5.46. The van der Waals surface area contributed by atoms with Crippen LogP contribution in [-0.2, 0) is 6.54 Å². The highest BCUT2D eigenvalue weighted by molar-refractivity contribution is 5.54. The van der Waals surface area contributed by atoms with Gasteiger partial charge in [-0.2, -0.15) is 15.2 Å². The number of anilines is 3. The van der Waals surface area contributed by atoms with Gasteiger partial charge in [0, 0.05) is 62.4 Å². The van der Waals surface area contributed by atoms with E-state index in [9.17, 15) is 4.39 Å². The molecule has 0 aliphatic carbocycles. The fourth-order valence-corrected chi connectivity index (χ4v) is 3.81. The van der Waals surface area contributed by atoms with Crippen LogP contribution in [0.2, 0.25) is 0 Å². The molecule has 0 spiro atoms. The molecule has 33 heavy (non-hydrogen) atoms. The quantitative estimate of drug-likeness (QED) is 0.464. The van der Waals surface area contributed by atoms with Crippen molar-refractivity contribution in [2.24, 2.45) is 0 Å². The first-order valence-electron chi connectivity index (χ1n) is 10.8. The number of piperazine rings is 1. The Bertz CT molecular complexity index is 1220. The highest BCUT2D eigenvalue weighted by Crippen LogP contribution is 2.19. The van der Waals surface area contributed by atoms with Crippen molar-refractivity contribution >= 4 is 17.6 Å². The zero-order chi connectivity index (χ0) is 22.8. The van der Waals surface area contributed by atoms with Crippen LogP contribution in [0, 0.1) is 19.7 Å². The van der Waals surface area contributed by atoms with Crippen LogP contribution in [0.4, 0.5) is 22.0 Å². The maximum absolute atomic E-state index is 13.2. The Labute approximate surface area is 190 Å². The molecule has 1 saturated heterocycles. The second kappa shape index (κ2) is 8.94. The standard InChI is InChI=1S/C22H25FN10/c1-15-9-19(27-20-10-16(2)29-30-20)28-22(26-15)32-7-5-31(6-8-32)13-17-3-4-21(24-11-17)33-14-18(23)12-25-33/h3-4,9-12,14H,5-8,13H2,1-2H3,(H2,26,27,28,29,30). The Morgan fingerprint density at radius 3 is 2.55 bits per heavy atom. The Hall–Kier alpha value is -3.86. The van der Waals surface area contributed by atoms with Crippen LogP contribution >= 0.6 is 0 Å². The average molecular weight is 449 g/mol. The summed E-state index contributed by atoms with van der Waals surface area (Å²) in [6.07, 6.45) is 4.30. The number of halogens is 1. The highest BCUT2D eigenvalue weighted by atomic mass is 19.1. The number of pyridine rings is 1. The largest absolute Gasteiger partial charge is 0.338 e. The number of H-pyrrole nitrogens is 1. The van der Waals surface area contributed by atoms with E-state index < -0.39 is 0 Å². The molecular formula is C22H25FN10. The normalized spacial score (nSPS) is 14.6. The molecule has 1 aliphatic heterocycles. The number of aromatic amines is 1. The van der Waals surface area contributed by atoms with E-state index in [0.717, 1.165) is 67.3 Å². The summed E-state index contributed by atoms with van der Waals surface area (Å²) in [5.41, 5.74) is 2.99. The highest BCUT2D eigenvalue weighted by Gasteiger charge is 2.20. The molecule has 2 N–H and O–H groups in total. The second-order valence-electron chi connectivity index (χ2n) is 8.15. The average Bonchev–Trinajstić information content (AvgIpc) is 3.42. The Morgan fingerprint density at radius 1 is 1.03 bits per heavy atom. The number of nitrogens with one attached hydrogen (secondary N) is 2. The zero-order valence-corrected chi connectivity index (χ0v) is 18.5. The Balaban J connectivity index is 1.19. The molecule has 5 rings (SSSR count). The first-order chi connectivity index (χ1) is 16.0. The van der Waals surface area contributed by atoms with Gasteiger partial charge in [-0.1, -0.05) is 6.07 Å². The smallest absolute Gasteiger partial charge is 0.227 e. The van der Waals surface area contributed by atoms with E-state index in [2.05, 4.69) is 40.4 Å². The van der Waals surface area contributed by atoms with Gasteiger partial charge in [-0.15, -0.1) is 0 Å². The number of aryl methyl sites for hydroxylation is 2. The summed E-state index contributed by atoms with van der Waals surface area (Å²) in [6.45, 7) is 8.19. The molecule has 0 bridgehead atoms. The molecule has 0 unspecified atom stereocenters. The summed E-state index contributed by atoms with van der Waals surface area (Å²) < 4.78 is 14.6. The van der Waals surface area contributed by atoms with E-state index in [1.54, 1.807) is 0 Å².